The molecule has 0 nitrogen and oxygen atoms in total. The maximum Gasteiger partial charge on any atom is -0.000697 e. The average molecular weight is 679 g/mol. The van der Waals surface area contributed by atoms with E-state index in [4.69, 9.17) is 0 Å². The first-order valence-electron chi connectivity index (χ1n) is 18.9. The smallest absolute Gasteiger partial charge is 0.000697 e. The van der Waals surface area contributed by atoms with Gasteiger partial charge in [0, 0.05) is 0 Å². The second-order valence-electron chi connectivity index (χ2n) is 15.0. The second-order valence-corrected chi connectivity index (χ2v) is 15.0. The van der Waals surface area contributed by atoms with E-state index in [1.54, 1.807) is 0 Å². The summed E-state index contributed by atoms with van der Waals surface area (Å²) in [4.78, 5) is 0. The molecule has 0 bridgehead atoms. The predicted octanol–water partition coefficient (Wildman–Crippen LogP) is 15.4. The van der Waals surface area contributed by atoms with Gasteiger partial charge < -0.3 is 0 Å². The zero-order valence-electron chi connectivity index (χ0n) is 29.3. The van der Waals surface area contributed by atoms with Gasteiger partial charge in [0.1, 0.15) is 0 Å². The normalized spacial score (nSPS) is 12.4. The molecule has 13 aromatic rings. The van der Waals surface area contributed by atoms with Crippen LogP contribution in [-0.4, -0.2) is 0 Å². The topological polar surface area (TPSA) is 0 Å². The number of hydrogen-bond donors (Lipinski definition) is 0. The van der Waals surface area contributed by atoms with Crippen LogP contribution >= 0.6 is 0 Å². The van der Waals surface area contributed by atoms with Crippen LogP contribution in [0.1, 0.15) is 0 Å². The van der Waals surface area contributed by atoms with Gasteiger partial charge in [-0.1, -0.05) is 170 Å². The van der Waals surface area contributed by atoms with E-state index in [-0.39, 0.29) is 0 Å². The van der Waals surface area contributed by atoms with Crippen molar-refractivity contribution in [3.8, 4) is 22.3 Å². The molecule has 0 fully saturated rings. The molecule has 0 heteroatoms. The molecule has 13 rings (SSSR count). The number of benzene rings is 11. The SMILES string of the molecule is c1ccc(-c2c3cc4c5ccccc5c5cccc(c3c(-c3ccccc3)c3c6cc7c8ccccc8c8ccccc8c7c7cccc(c23)c67)c54)cc1. The number of rotatable bonds is 2. The van der Waals surface area contributed by atoms with Gasteiger partial charge in [0.15, 0.2) is 0 Å². The van der Waals surface area contributed by atoms with Gasteiger partial charge in [0.2, 0.25) is 0 Å². The van der Waals surface area contributed by atoms with Crippen molar-refractivity contribution in [3.05, 3.63) is 182 Å². The predicted molar refractivity (Wildman–Crippen MR) is 235 cm³/mol. The van der Waals surface area contributed by atoms with Gasteiger partial charge in [-0.2, -0.15) is 0 Å². The Labute approximate surface area is 310 Å². The van der Waals surface area contributed by atoms with E-state index in [1.807, 2.05) is 0 Å². The molecule has 0 aliphatic heterocycles. The summed E-state index contributed by atoms with van der Waals surface area (Å²) in [6.45, 7) is 0. The van der Waals surface area contributed by atoms with Gasteiger partial charge in [-0.25, -0.2) is 0 Å². The van der Waals surface area contributed by atoms with Crippen LogP contribution in [0.25, 0.3) is 130 Å². The Hall–Kier alpha value is -7.02. The summed E-state index contributed by atoms with van der Waals surface area (Å²) in [5.74, 6) is 0. The molecule has 0 aliphatic carbocycles. The molecule has 0 heterocycles. The average Bonchev–Trinajstić information content (AvgIpc) is 3.74. The van der Waals surface area contributed by atoms with Crippen LogP contribution in [0.4, 0.5) is 0 Å². The summed E-state index contributed by atoms with van der Waals surface area (Å²) in [5.41, 5.74) is 5.13. The van der Waals surface area contributed by atoms with E-state index in [2.05, 4.69) is 182 Å². The lowest BCUT2D eigenvalue weighted by molar-refractivity contribution is 1.68. The quantitative estimate of drug-likeness (QED) is 0.160. The number of hydrogen-bond acceptors (Lipinski definition) is 0. The fourth-order valence-electron chi connectivity index (χ4n) is 10.5. The molecule has 0 unspecified atom stereocenters. The van der Waals surface area contributed by atoms with E-state index in [1.165, 1.54) is 130 Å². The van der Waals surface area contributed by atoms with Crippen molar-refractivity contribution in [1.82, 2.24) is 0 Å². The molecule has 13 aromatic carbocycles. The molecule has 0 amide bonds. The minimum absolute atomic E-state index is 1.25. The van der Waals surface area contributed by atoms with E-state index in [9.17, 15) is 0 Å². The summed E-state index contributed by atoms with van der Waals surface area (Å²) >= 11 is 0. The highest BCUT2D eigenvalue weighted by Crippen LogP contribution is 2.56. The first-order chi connectivity index (χ1) is 26.8. The number of fused-ring (bicyclic) bond motifs is 15. The van der Waals surface area contributed by atoms with Crippen molar-refractivity contribution in [2.45, 2.75) is 0 Å². The fraction of sp³-hybridized carbons (Fsp3) is 0. The van der Waals surface area contributed by atoms with Crippen molar-refractivity contribution in [3.63, 3.8) is 0 Å². The highest BCUT2D eigenvalue weighted by molar-refractivity contribution is 6.47. The van der Waals surface area contributed by atoms with Crippen molar-refractivity contribution in [1.29, 1.82) is 0 Å². The van der Waals surface area contributed by atoms with Crippen LogP contribution < -0.4 is 0 Å². The van der Waals surface area contributed by atoms with Crippen LogP contribution in [0, 0.1) is 0 Å². The Kier molecular flexibility index (Phi) is 5.45. The summed E-state index contributed by atoms with van der Waals surface area (Å²) in [5, 5.41) is 26.5. The first kappa shape index (κ1) is 28.6. The molecule has 0 N–H and O–H groups in total. The van der Waals surface area contributed by atoms with Crippen LogP contribution in [0.15, 0.2) is 182 Å². The minimum Gasteiger partial charge on any atom is -0.0622 e. The first-order valence-corrected chi connectivity index (χ1v) is 18.9. The third kappa shape index (κ3) is 3.49. The van der Waals surface area contributed by atoms with Crippen LogP contribution in [0.3, 0.4) is 0 Å². The third-order valence-corrected chi connectivity index (χ3v) is 12.5. The molecule has 0 saturated carbocycles. The van der Waals surface area contributed by atoms with Gasteiger partial charge in [-0.15, -0.1) is 0 Å². The lowest BCUT2D eigenvalue weighted by Gasteiger charge is -2.19. The maximum absolute atomic E-state index is 2.55. The standard InChI is InChI=1S/C54H30/c1-3-15-31(16-4-1)47-45-29-43-37-23-10-8-21-35(37)39-25-13-27-41(50(39)43)52(45)48(32-17-5-2-6-18-32)54-46-30-44-36-22-9-7-19-33(36)34-20-11-12-24-38(34)49(44)40-26-14-28-42(51(40)46)53(47)54/h1-30H. The molecule has 246 valence electrons. The molecular formula is C54H30. The summed E-state index contributed by atoms with van der Waals surface area (Å²) in [6.07, 6.45) is 0. The molecular weight excluding hydrogens is 649 g/mol. The lowest BCUT2D eigenvalue weighted by atomic mass is 9.83. The van der Waals surface area contributed by atoms with Crippen molar-refractivity contribution < 1.29 is 0 Å². The van der Waals surface area contributed by atoms with Gasteiger partial charge in [0.05, 0.1) is 0 Å². The van der Waals surface area contributed by atoms with E-state index >= 15 is 0 Å². The molecule has 0 spiro atoms. The Balaban J connectivity index is 1.40. The molecule has 0 atom stereocenters. The van der Waals surface area contributed by atoms with E-state index in [0.717, 1.165) is 0 Å². The molecule has 0 aromatic heterocycles. The van der Waals surface area contributed by atoms with Crippen LogP contribution in [0.2, 0.25) is 0 Å². The largest absolute Gasteiger partial charge is 0.0622 e. The molecule has 0 saturated heterocycles. The zero-order chi connectivity index (χ0) is 35.1. The highest BCUT2D eigenvalue weighted by atomic mass is 14.3. The Morgan fingerprint density at radius 2 is 0.500 bits per heavy atom. The molecule has 0 radical (unpaired) electrons. The monoisotopic (exact) mass is 678 g/mol. The van der Waals surface area contributed by atoms with Gasteiger partial charge in [-0.3, -0.25) is 0 Å². The van der Waals surface area contributed by atoms with E-state index in [0.29, 0.717) is 0 Å². The Morgan fingerprint density at radius 1 is 0.167 bits per heavy atom. The van der Waals surface area contributed by atoms with Crippen molar-refractivity contribution >= 4 is 108 Å². The second kappa shape index (κ2) is 10.3. The Bertz CT molecular complexity index is 3690. The summed E-state index contributed by atoms with van der Waals surface area (Å²) in [7, 11) is 0. The Morgan fingerprint density at radius 3 is 1.06 bits per heavy atom. The van der Waals surface area contributed by atoms with E-state index < -0.39 is 0 Å². The van der Waals surface area contributed by atoms with Gasteiger partial charge in [-0.05, 0) is 142 Å². The van der Waals surface area contributed by atoms with Crippen molar-refractivity contribution in [2.75, 3.05) is 0 Å². The maximum atomic E-state index is 2.55. The van der Waals surface area contributed by atoms with Crippen LogP contribution in [0.5, 0.6) is 0 Å². The molecule has 54 heavy (non-hydrogen) atoms. The lowest BCUT2D eigenvalue weighted by Crippen LogP contribution is -1.91. The van der Waals surface area contributed by atoms with Gasteiger partial charge in [0.25, 0.3) is 0 Å². The fourth-order valence-corrected chi connectivity index (χ4v) is 10.5. The third-order valence-electron chi connectivity index (χ3n) is 12.5. The van der Waals surface area contributed by atoms with Crippen LogP contribution in [-0.2, 0) is 0 Å². The minimum atomic E-state index is 1.25. The van der Waals surface area contributed by atoms with Gasteiger partial charge >= 0.3 is 0 Å². The molecule has 0 aliphatic rings. The summed E-state index contributed by atoms with van der Waals surface area (Å²) in [6, 6.07) is 68.4. The van der Waals surface area contributed by atoms with Crippen molar-refractivity contribution in [2.24, 2.45) is 0 Å². The summed E-state index contributed by atoms with van der Waals surface area (Å²) < 4.78 is 0. The highest BCUT2D eigenvalue weighted by Gasteiger charge is 2.27. The zero-order valence-corrected chi connectivity index (χ0v) is 29.3.